The van der Waals surface area contributed by atoms with Gasteiger partial charge in [-0.15, -0.1) is 0 Å². The highest BCUT2D eigenvalue weighted by Gasteiger charge is 2.34. The lowest BCUT2D eigenvalue weighted by Gasteiger charge is -2.16. The predicted molar refractivity (Wildman–Crippen MR) is 116 cm³/mol. The first kappa shape index (κ1) is 22.3. The van der Waals surface area contributed by atoms with E-state index in [1.54, 1.807) is 25.2 Å². The number of hydrogen-bond acceptors (Lipinski definition) is 5. The largest absolute Gasteiger partial charge is 0.508 e. The second kappa shape index (κ2) is 8.58. The SMILES string of the molecule is [C-]#[N+]c1ccc(Nc2nc(NC)c3c(n2)C(c2ccc(C(F)(F)F)cc2F)CC3)cc1OC. The Morgan fingerprint density at radius 1 is 1.15 bits per heavy atom. The molecule has 0 aliphatic heterocycles. The van der Waals surface area contributed by atoms with E-state index in [1.165, 1.54) is 13.2 Å². The molecule has 0 saturated heterocycles. The zero-order chi connectivity index (χ0) is 23.8. The second-order valence-electron chi connectivity index (χ2n) is 7.46. The summed E-state index contributed by atoms with van der Waals surface area (Å²) in [6.07, 6.45) is -3.56. The third kappa shape index (κ3) is 4.26. The van der Waals surface area contributed by atoms with Gasteiger partial charge in [0.25, 0.3) is 0 Å². The smallest absolute Gasteiger partial charge is 0.416 e. The molecule has 1 unspecified atom stereocenters. The molecule has 0 fully saturated rings. The standard InChI is InChI=1S/C23H19F4N5O/c1-28-18-9-5-13(11-19(18)33-3)30-22-31-20-15(7-8-16(20)21(29-2)32-22)14-6-4-12(10-17(14)24)23(25,26)27/h4-6,9-11,15H,7-8H2,2-3H3,(H2,29,30,31,32). The van der Waals surface area contributed by atoms with E-state index in [2.05, 4.69) is 25.4 Å². The van der Waals surface area contributed by atoms with Crippen LogP contribution in [0.5, 0.6) is 5.75 Å². The van der Waals surface area contributed by atoms with Crippen molar-refractivity contribution in [1.82, 2.24) is 9.97 Å². The van der Waals surface area contributed by atoms with Gasteiger partial charge in [0.05, 0.1) is 24.9 Å². The van der Waals surface area contributed by atoms with Crippen LogP contribution in [0.3, 0.4) is 0 Å². The summed E-state index contributed by atoms with van der Waals surface area (Å²) in [5.41, 5.74) is 1.42. The fourth-order valence-electron chi connectivity index (χ4n) is 3.99. The summed E-state index contributed by atoms with van der Waals surface area (Å²) >= 11 is 0. The zero-order valence-corrected chi connectivity index (χ0v) is 17.7. The van der Waals surface area contributed by atoms with Crippen LogP contribution >= 0.6 is 0 Å². The van der Waals surface area contributed by atoms with E-state index in [0.29, 0.717) is 47.5 Å². The van der Waals surface area contributed by atoms with Gasteiger partial charge in [0.2, 0.25) is 11.6 Å². The number of rotatable bonds is 5. The van der Waals surface area contributed by atoms with Crippen molar-refractivity contribution in [3.63, 3.8) is 0 Å². The number of halogens is 4. The van der Waals surface area contributed by atoms with Crippen LogP contribution in [0.25, 0.3) is 4.85 Å². The fraction of sp³-hybridized carbons (Fsp3) is 0.261. The third-order valence-corrected chi connectivity index (χ3v) is 5.55. The molecule has 33 heavy (non-hydrogen) atoms. The summed E-state index contributed by atoms with van der Waals surface area (Å²) in [6.45, 7) is 7.18. The molecule has 1 aliphatic carbocycles. The Morgan fingerprint density at radius 2 is 1.94 bits per heavy atom. The van der Waals surface area contributed by atoms with Crippen molar-refractivity contribution >= 4 is 23.1 Å². The van der Waals surface area contributed by atoms with E-state index in [-0.39, 0.29) is 11.5 Å². The van der Waals surface area contributed by atoms with Crippen LogP contribution in [0.4, 0.5) is 40.7 Å². The third-order valence-electron chi connectivity index (χ3n) is 5.55. The number of benzene rings is 2. The number of hydrogen-bond donors (Lipinski definition) is 2. The van der Waals surface area contributed by atoms with Crippen molar-refractivity contribution in [2.24, 2.45) is 0 Å². The Morgan fingerprint density at radius 3 is 2.58 bits per heavy atom. The number of methoxy groups -OCH3 is 1. The molecule has 2 aromatic carbocycles. The van der Waals surface area contributed by atoms with Gasteiger partial charge in [-0.2, -0.15) is 18.2 Å². The molecule has 0 spiro atoms. The number of fused-ring (bicyclic) bond motifs is 1. The highest BCUT2D eigenvalue weighted by molar-refractivity contribution is 5.67. The van der Waals surface area contributed by atoms with E-state index in [9.17, 15) is 17.6 Å². The van der Waals surface area contributed by atoms with Crippen LogP contribution in [0, 0.1) is 12.4 Å². The van der Waals surface area contributed by atoms with Gasteiger partial charge in [-0.3, -0.25) is 0 Å². The van der Waals surface area contributed by atoms with Crippen molar-refractivity contribution in [1.29, 1.82) is 0 Å². The van der Waals surface area contributed by atoms with E-state index >= 15 is 0 Å². The van der Waals surface area contributed by atoms with Crippen LogP contribution < -0.4 is 15.4 Å². The molecule has 170 valence electrons. The molecule has 1 aliphatic rings. The van der Waals surface area contributed by atoms with Crippen LogP contribution in [-0.2, 0) is 12.6 Å². The molecule has 1 heterocycles. The van der Waals surface area contributed by atoms with Gasteiger partial charge in [0.15, 0.2) is 0 Å². The van der Waals surface area contributed by atoms with Gasteiger partial charge >= 0.3 is 6.18 Å². The Kier molecular flexibility index (Phi) is 5.80. The highest BCUT2D eigenvalue weighted by atomic mass is 19.4. The molecule has 0 bridgehead atoms. The van der Waals surface area contributed by atoms with Gasteiger partial charge < -0.3 is 15.4 Å². The maximum atomic E-state index is 14.7. The summed E-state index contributed by atoms with van der Waals surface area (Å²) in [5, 5.41) is 6.07. The van der Waals surface area contributed by atoms with Crippen LogP contribution in [0.2, 0.25) is 0 Å². The first-order valence-corrected chi connectivity index (χ1v) is 10.0. The Bertz CT molecular complexity index is 1250. The number of ether oxygens (including phenoxy) is 1. The minimum atomic E-state index is -4.62. The maximum Gasteiger partial charge on any atom is 0.416 e. The Hall–Kier alpha value is -3.87. The van der Waals surface area contributed by atoms with Crippen LogP contribution in [-0.4, -0.2) is 24.1 Å². The number of alkyl halides is 3. The van der Waals surface area contributed by atoms with Crippen molar-refractivity contribution < 1.29 is 22.3 Å². The van der Waals surface area contributed by atoms with Gasteiger partial charge in [-0.05, 0) is 42.7 Å². The van der Waals surface area contributed by atoms with Gasteiger partial charge in [-0.1, -0.05) is 12.1 Å². The molecule has 10 heteroatoms. The molecule has 4 rings (SSSR count). The molecule has 6 nitrogen and oxygen atoms in total. The molecule has 2 N–H and O–H groups in total. The average molecular weight is 457 g/mol. The number of nitrogens with one attached hydrogen (secondary N) is 2. The van der Waals surface area contributed by atoms with Gasteiger partial charge in [0.1, 0.15) is 17.4 Å². The molecular weight excluding hydrogens is 438 g/mol. The summed E-state index contributed by atoms with van der Waals surface area (Å²) in [5.74, 6) is -0.245. The Labute approximate surface area is 187 Å². The Balaban J connectivity index is 1.71. The number of anilines is 3. The van der Waals surface area contributed by atoms with Crippen molar-refractivity contribution in [2.75, 3.05) is 24.8 Å². The van der Waals surface area contributed by atoms with E-state index in [1.807, 2.05) is 0 Å². The topological polar surface area (TPSA) is 63.4 Å². The lowest BCUT2D eigenvalue weighted by atomic mass is 9.95. The van der Waals surface area contributed by atoms with Crippen LogP contribution in [0.15, 0.2) is 36.4 Å². The molecule has 1 atom stereocenters. The lowest BCUT2D eigenvalue weighted by molar-refractivity contribution is -0.137. The average Bonchev–Trinajstić information content (AvgIpc) is 3.21. The summed E-state index contributed by atoms with van der Waals surface area (Å²) in [4.78, 5) is 12.4. The normalized spacial score (nSPS) is 15.0. The maximum absolute atomic E-state index is 14.7. The summed E-state index contributed by atoms with van der Waals surface area (Å²) in [6, 6.07) is 7.51. The van der Waals surface area contributed by atoms with Gasteiger partial charge in [0, 0.05) is 24.2 Å². The molecular formula is C23H19F4N5O. The van der Waals surface area contributed by atoms with Gasteiger partial charge in [-0.25, -0.2) is 14.2 Å². The second-order valence-corrected chi connectivity index (χ2v) is 7.46. The fourth-order valence-corrected chi connectivity index (χ4v) is 3.99. The number of nitrogens with zero attached hydrogens (tertiary/aromatic N) is 3. The first-order chi connectivity index (χ1) is 15.7. The quantitative estimate of drug-likeness (QED) is 0.360. The summed E-state index contributed by atoms with van der Waals surface area (Å²) in [7, 11) is 3.16. The van der Waals surface area contributed by atoms with Crippen molar-refractivity contribution in [3.05, 3.63) is 76.0 Å². The zero-order valence-electron chi connectivity index (χ0n) is 17.7. The molecule has 0 radical (unpaired) electrons. The highest BCUT2D eigenvalue weighted by Crippen LogP contribution is 2.42. The lowest BCUT2D eigenvalue weighted by Crippen LogP contribution is -2.10. The molecule has 0 saturated carbocycles. The van der Waals surface area contributed by atoms with Crippen molar-refractivity contribution in [3.8, 4) is 5.75 Å². The van der Waals surface area contributed by atoms with E-state index < -0.39 is 23.5 Å². The van der Waals surface area contributed by atoms with Crippen LogP contribution in [0.1, 0.15) is 34.7 Å². The minimum absolute atomic E-state index is 0.163. The van der Waals surface area contributed by atoms with E-state index in [4.69, 9.17) is 11.3 Å². The number of aromatic nitrogens is 2. The monoisotopic (exact) mass is 457 g/mol. The summed E-state index contributed by atoms with van der Waals surface area (Å²) < 4.78 is 58.8. The molecule has 1 aromatic heterocycles. The first-order valence-electron chi connectivity index (χ1n) is 10.0. The minimum Gasteiger partial charge on any atom is -0.508 e. The van der Waals surface area contributed by atoms with Crippen molar-refractivity contribution in [2.45, 2.75) is 24.9 Å². The molecule has 3 aromatic rings. The predicted octanol–water partition coefficient (Wildman–Crippen LogP) is 6.06. The molecule has 0 amide bonds. The van der Waals surface area contributed by atoms with E-state index in [0.717, 1.165) is 11.6 Å².